The predicted molar refractivity (Wildman–Crippen MR) is 136 cm³/mol. The lowest BCUT2D eigenvalue weighted by atomic mass is 11.8. The third kappa shape index (κ3) is 3.43. The van der Waals surface area contributed by atoms with Crippen LogP contribution in [0, 0.1) is 0 Å². The SMILES string of the molecule is [CH3][Al]1[O][Si]([Si](C)(C)C)([Si](C)(C)C)[Si](C)(C)[Si]([Si](C)(C)C)([Si](C)(C)C)[O]1. The first kappa shape index (κ1) is 25.0. The van der Waals surface area contributed by atoms with Crippen LogP contribution in [0.25, 0.3) is 0 Å². The van der Waals surface area contributed by atoms with Gasteiger partial charge in [-0.1, -0.05) is 97.4 Å². The molecule has 2 nitrogen and oxygen atoms in total. The highest BCUT2D eigenvalue weighted by molar-refractivity contribution is 8.09. The summed E-state index contributed by atoms with van der Waals surface area (Å²) in [5.74, 6) is 2.40. The molecule has 0 aromatic rings. The summed E-state index contributed by atoms with van der Waals surface area (Å²) >= 11 is -1.53. The van der Waals surface area contributed by atoms with E-state index in [4.69, 9.17) is 6.96 Å². The fourth-order valence-corrected chi connectivity index (χ4v) is 286. The molecule has 0 atom stereocenters. The van der Waals surface area contributed by atoms with E-state index < -0.39 is 66.0 Å². The lowest BCUT2D eigenvalue weighted by Gasteiger charge is -2.72. The standard InChI is InChI=1S/C14H42O2Si7.CH3.Al/c1-17(2,3)22(15,18(4,5)6)21(13,14)23(16,19(7,8)9)20(10,11)12;;/h1-14H3;1H3;/q-2;;+2. The van der Waals surface area contributed by atoms with Crippen LogP contribution in [0.15, 0.2) is 0 Å². The topological polar surface area (TPSA) is 18.5 Å². The number of hydrogen-bond acceptors (Lipinski definition) is 2. The van der Waals surface area contributed by atoms with E-state index in [1.165, 1.54) is 0 Å². The van der Waals surface area contributed by atoms with Crippen molar-refractivity contribution in [1.29, 1.82) is 0 Å². The Morgan fingerprint density at radius 2 is 0.720 bits per heavy atom. The van der Waals surface area contributed by atoms with Crippen LogP contribution in [0.1, 0.15) is 0 Å². The Hall–Kier alpha value is 1.97. The van der Waals surface area contributed by atoms with Gasteiger partial charge in [0.05, 0.1) is 37.5 Å². The highest BCUT2D eigenvalue weighted by Crippen LogP contribution is 2.51. The molecule has 0 N–H and O–H groups in total. The van der Waals surface area contributed by atoms with Crippen molar-refractivity contribution in [3.8, 4) is 0 Å². The molecule has 1 saturated heterocycles. The molecule has 0 amide bonds. The second-order valence-corrected chi connectivity index (χ2v) is 88.5. The fraction of sp³-hybridized carbons (Fsp3) is 1.00. The van der Waals surface area contributed by atoms with E-state index >= 15 is 0 Å². The summed E-state index contributed by atoms with van der Waals surface area (Å²) < 4.78 is 14.8. The molecule has 1 aliphatic heterocycles. The molecule has 1 heterocycles. The average molecular weight is 481 g/mol. The van der Waals surface area contributed by atoms with E-state index in [-0.39, 0.29) is 0 Å². The number of rotatable bonds is 4. The normalized spacial score (nSPS) is 24.4. The molecule has 10 heteroatoms. The summed E-state index contributed by atoms with van der Waals surface area (Å²) in [4.78, 5) is 0. The summed E-state index contributed by atoms with van der Waals surface area (Å²) in [6.07, 6.45) is 0. The van der Waals surface area contributed by atoms with Crippen LogP contribution in [-0.2, 0) is 6.96 Å². The van der Waals surface area contributed by atoms with Crippen molar-refractivity contribution in [2.24, 2.45) is 0 Å². The predicted octanol–water partition coefficient (Wildman–Crippen LogP) is 5.57. The van der Waals surface area contributed by atoms with Crippen LogP contribution >= 0.6 is 0 Å². The van der Waals surface area contributed by atoms with Crippen molar-refractivity contribution in [2.75, 3.05) is 0 Å². The van der Waals surface area contributed by atoms with Crippen LogP contribution in [-0.4, -0.2) is 66.0 Å². The molecule has 0 saturated carbocycles. The van der Waals surface area contributed by atoms with Crippen LogP contribution < -0.4 is 0 Å². The van der Waals surface area contributed by atoms with Crippen LogP contribution in [0.5, 0.6) is 0 Å². The molecule has 0 bridgehead atoms. The molecule has 1 aliphatic rings. The minimum absolute atomic E-state index is 1.39. The molecule has 148 valence electrons. The molecule has 0 unspecified atom stereocenters. The Balaban J connectivity index is 4.06. The van der Waals surface area contributed by atoms with Crippen molar-refractivity contribution in [3.05, 3.63) is 0 Å². The van der Waals surface area contributed by atoms with E-state index in [0.29, 0.717) is 0 Å². The minimum Gasteiger partial charge on any atom is -0.529 e. The van der Waals surface area contributed by atoms with Crippen LogP contribution in [0.3, 0.4) is 0 Å². The molecule has 1 rings (SSSR count). The van der Waals surface area contributed by atoms with Gasteiger partial charge in [-0.3, -0.25) is 0 Å². The van der Waals surface area contributed by atoms with Gasteiger partial charge in [0, 0.05) is 0 Å². The van der Waals surface area contributed by atoms with Gasteiger partial charge < -0.3 is 6.96 Å². The molecule has 0 radical (unpaired) electrons. The van der Waals surface area contributed by atoms with Gasteiger partial charge in [-0.2, -0.15) is 0 Å². The zero-order chi connectivity index (χ0) is 20.5. The Bertz CT molecular complexity index is 440. The zero-order valence-electron chi connectivity index (χ0n) is 19.9. The zero-order valence-corrected chi connectivity index (χ0v) is 28.0. The second-order valence-electron chi connectivity index (χ2n) is 12.8. The van der Waals surface area contributed by atoms with E-state index in [1.807, 2.05) is 0 Å². The molecule has 0 aromatic heterocycles. The Labute approximate surface area is 169 Å². The van der Waals surface area contributed by atoms with E-state index in [1.54, 1.807) is 0 Å². The lowest BCUT2D eigenvalue weighted by Crippen LogP contribution is -3.02. The van der Waals surface area contributed by atoms with Gasteiger partial charge in [0.2, 0.25) is 0 Å². The average Bonchev–Trinajstić information content (AvgIpc) is 2.24. The summed E-state index contributed by atoms with van der Waals surface area (Å²) in [5, 5.41) is 0. The van der Waals surface area contributed by atoms with Crippen molar-refractivity contribution in [2.45, 2.75) is 97.4 Å². The first-order chi connectivity index (χ1) is 10.6. The highest BCUT2D eigenvalue weighted by Gasteiger charge is 2.80. The quantitative estimate of drug-likeness (QED) is 0.489. The summed E-state index contributed by atoms with van der Waals surface area (Å²) in [5.41, 5.74) is 0. The van der Waals surface area contributed by atoms with Crippen molar-refractivity contribution < 1.29 is 6.96 Å². The highest BCUT2D eigenvalue weighted by atomic mass is 30.2. The first-order valence-electron chi connectivity index (χ1n) is 9.96. The third-order valence-corrected chi connectivity index (χ3v) is 158. The van der Waals surface area contributed by atoms with Gasteiger partial charge in [-0.05, 0) is 0 Å². The molecular weight excluding hydrogens is 436 g/mol. The van der Waals surface area contributed by atoms with Gasteiger partial charge in [0.25, 0.3) is 0 Å². The van der Waals surface area contributed by atoms with Gasteiger partial charge in [-0.15, -0.1) is 0 Å². The Morgan fingerprint density at radius 1 is 0.520 bits per heavy atom. The maximum atomic E-state index is 7.38. The van der Waals surface area contributed by atoms with E-state index in [2.05, 4.69) is 97.4 Å². The molecule has 0 aromatic carbocycles. The maximum Gasteiger partial charge on any atom is 0.648 e. The van der Waals surface area contributed by atoms with E-state index in [0.717, 1.165) is 0 Å². The monoisotopic (exact) mass is 480 g/mol. The van der Waals surface area contributed by atoms with Gasteiger partial charge in [0.15, 0.2) is 0 Å². The minimum atomic E-state index is -1.75. The molecule has 25 heavy (non-hydrogen) atoms. The molecular formula is C15H45AlO2Si7. The smallest absolute Gasteiger partial charge is 0.529 e. The van der Waals surface area contributed by atoms with Crippen molar-refractivity contribution in [1.82, 2.24) is 0 Å². The van der Waals surface area contributed by atoms with Crippen LogP contribution in [0.4, 0.5) is 0 Å². The van der Waals surface area contributed by atoms with Crippen LogP contribution in [0.2, 0.25) is 97.4 Å². The molecule has 0 aliphatic carbocycles. The van der Waals surface area contributed by atoms with Crippen molar-refractivity contribution >= 4 is 66.0 Å². The molecule has 0 spiro atoms. The largest absolute Gasteiger partial charge is 0.648 e. The second kappa shape index (κ2) is 6.75. The fourth-order valence-electron chi connectivity index (χ4n) is 7.77. The van der Waals surface area contributed by atoms with Crippen molar-refractivity contribution in [3.63, 3.8) is 0 Å². The number of hydrogen-bond donors (Lipinski definition) is 0. The summed E-state index contributed by atoms with van der Waals surface area (Å²) in [6.45, 7) is 34.2. The lowest BCUT2D eigenvalue weighted by molar-refractivity contribution is 0.445. The Kier molecular flexibility index (Phi) is 6.75. The summed E-state index contributed by atoms with van der Waals surface area (Å²) in [7, 11) is -7.19. The molecule has 1 fully saturated rings. The summed E-state index contributed by atoms with van der Waals surface area (Å²) in [6, 6.07) is 0. The van der Waals surface area contributed by atoms with Gasteiger partial charge in [0.1, 0.15) is 13.7 Å². The van der Waals surface area contributed by atoms with Gasteiger partial charge in [-0.25, -0.2) is 0 Å². The Morgan fingerprint density at radius 3 is 0.880 bits per heavy atom. The third-order valence-electron chi connectivity index (χ3n) is 6.67. The first-order valence-corrected chi connectivity index (χ1v) is 38.9. The van der Waals surface area contributed by atoms with Gasteiger partial charge >= 0.3 is 14.8 Å². The van der Waals surface area contributed by atoms with E-state index in [9.17, 15) is 0 Å². The maximum absolute atomic E-state index is 7.38.